The van der Waals surface area contributed by atoms with Crippen LogP contribution in [0.25, 0.3) is 21.9 Å². The number of aromatic nitrogens is 2. The molecule has 0 aliphatic rings. The molecule has 0 saturated carbocycles. The topological polar surface area (TPSA) is 113 Å². The number of hydrogen-bond acceptors (Lipinski definition) is 5. The maximum absolute atomic E-state index is 12.9. The maximum Gasteiger partial charge on any atom is 0.258 e. The lowest BCUT2D eigenvalue weighted by molar-refractivity contribution is 0.0653. The highest BCUT2D eigenvalue weighted by atomic mass is 16.5. The number of carbonyl (C=O) groups excluding carboxylic acids is 2. The number of amides is 1. The molecule has 2 heterocycles. The van der Waals surface area contributed by atoms with E-state index in [1.54, 1.807) is 6.07 Å². The monoisotopic (exact) mass is 374 g/mol. The van der Waals surface area contributed by atoms with E-state index in [4.69, 9.17) is 16.2 Å². The number of carbonyl (C=O) groups is 2. The minimum atomic E-state index is -0.666. The number of nitrogen functional groups attached to an aromatic ring is 1. The summed E-state index contributed by atoms with van der Waals surface area (Å²) in [5.41, 5.74) is 13.4. The van der Waals surface area contributed by atoms with Crippen molar-refractivity contribution in [1.29, 1.82) is 0 Å². The Kier molecular flexibility index (Phi) is 4.50. The van der Waals surface area contributed by atoms with Crippen LogP contribution < -0.4 is 11.5 Å². The van der Waals surface area contributed by atoms with Gasteiger partial charge in [-0.1, -0.05) is 48.5 Å². The largest absolute Gasteiger partial charge is 0.383 e. The summed E-state index contributed by atoms with van der Waals surface area (Å²) in [5.74, 6) is -0.954. The molecule has 0 unspecified atom stereocenters. The number of ether oxygens (including phenoxy) is 1. The number of para-hydroxylation sites is 1. The van der Waals surface area contributed by atoms with Crippen LogP contribution in [0, 0.1) is 0 Å². The van der Waals surface area contributed by atoms with Crippen LogP contribution in [-0.2, 0) is 11.3 Å². The molecule has 2 aromatic heterocycles. The Bertz CT molecular complexity index is 1200. The highest BCUT2D eigenvalue weighted by molar-refractivity contribution is 6.14. The van der Waals surface area contributed by atoms with Crippen LogP contribution in [-0.4, -0.2) is 28.0 Å². The summed E-state index contributed by atoms with van der Waals surface area (Å²) in [7, 11) is 0. The van der Waals surface area contributed by atoms with Crippen LogP contribution in [0.15, 0.2) is 60.7 Å². The first-order chi connectivity index (χ1) is 13.6. The Morgan fingerprint density at radius 2 is 1.71 bits per heavy atom. The van der Waals surface area contributed by atoms with Gasteiger partial charge in [-0.05, 0) is 17.7 Å². The average molecular weight is 374 g/mol. The number of rotatable bonds is 5. The van der Waals surface area contributed by atoms with Crippen molar-refractivity contribution in [3.8, 4) is 0 Å². The second kappa shape index (κ2) is 7.13. The molecule has 1 amide bonds. The van der Waals surface area contributed by atoms with Gasteiger partial charge in [-0.25, -0.2) is 4.98 Å². The van der Waals surface area contributed by atoms with Crippen molar-refractivity contribution in [2.24, 2.45) is 5.73 Å². The first-order valence-electron chi connectivity index (χ1n) is 8.70. The molecular formula is C21H18N4O3. The number of pyridine rings is 1. The highest BCUT2D eigenvalue weighted by Gasteiger charge is 2.20. The van der Waals surface area contributed by atoms with Gasteiger partial charge in [-0.3, -0.25) is 14.2 Å². The molecule has 0 aliphatic carbocycles. The highest BCUT2D eigenvalue weighted by Crippen LogP contribution is 2.30. The molecule has 0 atom stereocenters. The molecule has 0 radical (unpaired) electrons. The molecule has 0 fully saturated rings. The lowest BCUT2D eigenvalue weighted by Crippen LogP contribution is -2.19. The van der Waals surface area contributed by atoms with E-state index in [1.807, 2.05) is 54.6 Å². The second-order valence-electron chi connectivity index (χ2n) is 6.38. The van der Waals surface area contributed by atoms with Crippen LogP contribution in [0.2, 0.25) is 0 Å². The molecule has 2 aromatic carbocycles. The van der Waals surface area contributed by atoms with E-state index in [0.29, 0.717) is 23.2 Å². The normalized spacial score (nSPS) is 11.1. The molecule has 7 nitrogen and oxygen atoms in total. The van der Waals surface area contributed by atoms with E-state index >= 15 is 0 Å². The zero-order chi connectivity index (χ0) is 19.7. The Labute approximate surface area is 160 Å². The Morgan fingerprint density at radius 1 is 1.00 bits per heavy atom. The molecule has 4 rings (SSSR count). The molecule has 0 spiro atoms. The molecule has 0 aliphatic heterocycles. The minimum Gasteiger partial charge on any atom is -0.383 e. The fraction of sp³-hybridized carbons (Fsp3) is 0.0952. The van der Waals surface area contributed by atoms with Gasteiger partial charge in [0, 0.05) is 10.8 Å². The van der Waals surface area contributed by atoms with Crippen molar-refractivity contribution in [3.05, 3.63) is 71.8 Å². The van der Waals surface area contributed by atoms with Gasteiger partial charge < -0.3 is 16.2 Å². The lowest BCUT2D eigenvalue weighted by atomic mass is 10.1. The number of anilines is 1. The summed E-state index contributed by atoms with van der Waals surface area (Å²) < 4.78 is 7.06. The van der Waals surface area contributed by atoms with E-state index in [-0.39, 0.29) is 23.9 Å². The summed E-state index contributed by atoms with van der Waals surface area (Å²) in [6, 6.07) is 18.5. The molecule has 7 heteroatoms. The molecular weight excluding hydrogens is 356 g/mol. The number of fused-ring (bicyclic) bond motifs is 3. The number of nitrogens with zero attached hydrogens (tertiary/aromatic N) is 2. The fourth-order valence-electron chi connectivity index (χ4n) is 3.24. The van der Waals surface area contributed by atoms with Crippen LogP contribution in [0.4, 0.5) is 5.82 Å². The maximum atomic E-state index is 12.9. The van der Waals surface area contributed by atoms with Crippen LogP contribution >= 0.6 is 0 Å². The van der Waals surface area contributed by atoms with Crippen LogP contribution in [0.3, 0.4) is 0 Å². The quantitative estimate of drug-likeness (QED) is 0.558. The number of benzene rings is 2. The van der Waals surface area contributed by atoms with Crippen molar-refractivity contribution in [2.75, 3.05) is 12.3 Å². The Morgan fingerprint density at radius 3 is 2.46 bits per heavy atom. The lowest BCUT2D eigenvalue weighted by Gasteiger charge is -2.08. The van der Waals surface area contributed by atoms with Crippen molar-refractivity contribution in [3.63, 3.8) is 0 Å². The van der Waals surface area contributed by atoms with Crippen LogP contribution in [0.5, 0.6) is 0 Å². The van der Waals surface area contributed by atoms with Crippen molar-refractivity contribution < 1.29 is 14.3 Å². The molecule has 0 bridgehead atoms. The van der Waals surface area contributed by atoms with Gasteiger partial charge in [-0.2, -0.15) is 0 Å². The minimum absolute atomic E-state index is 0.0120. The van der Waals surface area contributed by atoms with Gasteiger partial charge in [0.2, 0.25) is 0 Å². The van der Waals surface area contributed by atoms with Gasteiger partial charge in [0.05, 0.1) is 17.7 Å². The Balaban J connectivity index is 1.73. The average Bonchev–Trinajstić information content (AvgIpc) is 3.01. The number of nitrogens with two attached hydrogens (primary N) is 2. The van der Waals surface area contributed by atoms with Crippen molar-refractivity contribution in [1.82, 2.24) is 9.55 Å². The summed E-state index contributed by atoms with van der Waals surface area (Å²) in [4.78, 5) is 28.8. The summed E-state index contributed by atoms with van der Waals surface area (Å²) in [6.07, 6.45) is 0. The van der Waals surface area contributed by atoms with Gasteiger partial charge in [-0.15, -0.1) is 0 Å². The predicted molar refractivity (Wildman–Crippen MR) is 107 cm³/mol. The Hall–Kier alpha value is -3.71. The first kappa shape index (κ1) is 17.7. The van der Waals surface area contributed by atoms with Gasteiger partial charge in [0.15, 0.2) is 0 Å². The third kappa shape index (κ3) is 3.08. The van der Waals surface area contributed by atoms with Crippen LogP contribution in [0.1, 0.15) is 20.7 Å². The predicted octanol–water partition coefficient (Wildman–Crippen LogP) is 2.73. The summed E-state index contributed by atoms with van der Waals surface area (Å²) in [5, 5.41) is 1.42. The van der Waals surface area contributed by atoms with E-state index in [0.717, 1.165) is 10.9 Å². The number of hydrogen-bond donors (Lipinski definition) is 2. The van der Waals surface area contributed by atoms with Crippen molar-refractivity contribution in [2.45, 2.75) is 6.61 Å². The van der Waals surface area contributed by atoms with E-state index in [2.05, 4.69) is 4.98 Å². The SMILES string of the molecule is NC(=O)c1cc2c3ccccc3n(C(=O)COCc3ccccc3)c2nc1N. The van der Waals surface area contributed by atoms with Gasteiger partial charge in [0.1, 0.15) is 18.1 Å². The third-order valence-corrected chi connectivity index (χ3v) is 4.53. The molecule has 28 heavy (non-hydrogen) atoms. The fourth-order valence-corrected chi connectivity index (χ4v) is 3.24. The third-order valence-electron chi connectivity index (χ3n) is 4.53. The summed E-state index contributed by atoms with van der Waals surface area (Å²) in [6.45, 7) is 0.201. The van der Waals surface area contributed by atoms with E-state index in [9.17, 15) is 9.59 Å². The molecule has 4 aromatic rings. The van der Waals surface area contributed by atoms with E-state index in [1.165, 1.54) is 4.57 Å². The zero-order valence-corrected chi connectivity index (χ0v) is 15.0. The van der Waals surface area contributed by atoms with Crippen molar-refractivity contribution >= 4 is 39.6 Å². The van der Waals surface area contributed by atoms with E-state index < -0.39 is 5.91 Å². The molecule has 4 N–H and O–H groups in total. The summed E-state index contributed by atoms with van der Waals surface area (Å²) >= 11 is 0. The standard InChI is InChI=1S/C21H18N4O3/c22-19-16(20(23)27)10-15-14-8-4-5-9-17(14)25(21(15)24-19)18(26)12-28-11-13-6-2-1-3-7-13/h1-10H,11-12H2,(H2,22,24)(H2,23,27). The zero-order valence-electron chi connectivity index (χ0n) is 15.0. The first-order valence-corrected chi connectivity index (χ1v) is 8.70. The molecule has 0 saturated heterocycles. The molecule has 140 valence electrons. The smallest absolute Gasteiger partial charge is 0.258 e. The van der Waals surface area contributed by atoms with Gasteiger partial charge >= 0.3 is 0 Å². The number of primary amides is 1. The second-order valence-corrected chi connectivity index (χ2v) is 6.38. The van der Waals surface area contributed by atoms with Gasteiger partial charge in [0.25, 0.3) is 11.8 Å².